The molecule has 0 radical (unpaired) electrons. The van der Waals surface area contributed by atoms with E-state index in [1.54, 1.807) is 5.57 Å². The summed E-state index contributed by atoms with van der Waals surface area (Å²) in [5, 5.41) is 10.9. The molecule has 3 N–H and O–H groups in total. The minimum absolute atomic E-state index is 0.0338. The van der Waals surface area contributed by atoms with Crippen molar-refractivity contribution in [3.63, 3.8) is 0 Å². The molecule has 0 amide bonds. The minimum atomic E-state index is -0.582. The van der Waals surface area contributed by atoms with Gasteiger partial charge < -0.3 is 20.3 Å². The van der Waals surface area contributed by atoms with Crippen LogP contribution in [0.4, 0.5) is 0 Å². The minimum Gasteiger partial charge on any atom is -0.481 e. The lowest BCUT2D eigenvalue weighted by Crippen LogP contribution is -2.69. The summed E-state index contributed by atoms with van der Waals surface area (Å²) in [6, 6.07) is 0. The lowest BCUT2D eigenvalue weighted by molar-refractivity contribution is -0.252. The van der Waals surface area contributed by atoms with Crippen molar-refractivity contribution < 1.29 is 19.4 Å². The first-order valence-electron chi connectivity index (χ1n) is 17.6. The van der Waals surface area contributed by atoms with E-state index in [1.807, 2.05) is 11.8 Å². The molecule has 2 bridgehead atoms. The maximum absolute atomic E-state index is 13.3. The maximum atomic E-state index is 13.3. The SMILES string of the molecule is CC(C)[C@@H](C)[C@@]1(C)CC[C@]2(C)[C@H]3CC[C@@H]4[C@@]5(COC[C@]4(C)[C@@H](OCC4(N)CCSCC4)[C@H](C)C5)C3=CC[C@@]2(C)[C@@H]1C(=O)O. The predicted molar refractivity (Wildman–Crippen MR) is 176 cm³/mol. The summed E-state index contributed by atoms with van der Waals surface area (Å²) < 4.78 is 13.6. The number of allylic oxidation sites excluding steroid dienone is 1. The Morgan fingerprint density at radius 2 is 1.77 bits per heavy atom. The Kier molecular flexibility index (Phi) is 8.09. The van der Waals surface area contributed by atoms with E-state index in [0.717, 1.165) is 69.7 Å². The summed E-state index contributed by atoms with van der Waals surface area (Å²) in [5.41, 5.74) is 7.78. The van der Waals surface area contributed by atoms with Crippen molar-refractivity contribution in [1.29, 1.82) is 0 Å². The zero-order valence-electron chi connectivity index (χ0n) is 28.5. The monoisotopic (exact) mass is 615 g/mol. The summed E-state index contributed by atoms with van der Waals surface area (Å²) in [5.74, 6) is 3.56. The molecule has 0 aromatic heterocycles. The van der Waals surface area contributed by atoms with Crippen LogP contribution in [-0.4, -0.2) is 54.0 Å². The summed E-state index contributed by atoms with van der Waals surface area (Å²) in [4.78, 5) is 13.3. The van der Waals surface area contributed by atoms with Crippen LogP contribution in [0.3, 0.4) is 0 Å². The second-order valence-corrected chi connectivity index (χ2v) is 19.0. The third-order valence-electron chi connectivity index (χ3n) is 15.4. The third kappa shape index (κ3) is 4.52. The number of hydrogen-bond donors (Lipinski definition) is 2. The van der Waals surface area contributed by atoms with Crippen LogP contribution in [0.2, 0.25) is 0 Å². The highest BCUT2D eigenvalue weighted by molar-refractivity contribution is 7.99. The number of thioether (sulfide) groups is 1. The molecular weight excluding hydrogens is 554 g/mol. The highest BCUT2D eigenvalue weighted by Gasteiger charge is 2.71. The van der Waals surface area contributed by atoms with Crippen LogP contribution in [0.25, 0.3) is 0 Å². The van der Waals surface area contributed by atoms with E-state index in [1.165, 1.54) is 6.42 Å². The first-order valence-corrected chi connectivity index (χ1v) is 18.7. The molecule has 0 unspecified atom stereocenters. The Bertz CT molecular complexity index is 1130. The van der Waals surface area contributed by atoms with Crippen molar-refractivity contribution in [3.05, 3.63) is 11.6 Å². The van der Waals surface area contributed by atoms with Gasteiger partial charge in [0.2, 0.25) is 0 Å². The second-order valence-electron chi connectivity index (χ2n) is 17.7. The van der Waals surface area contributed by atoms with E-state index in [2.05, 4.69) is 61.5 Å². The summed E-state index contributed by atoms with van der Waals surface area (Å²) in [7, 11) is 0. The number of carboxylic acid groups (broad SMARTS) is 1. The second kappa shape index (κ2) is 10.7. The van der Waals surface area contributed by atoms with Gasteiger partial charge in [0.25, 0.3) is 0 Å². The maximum Gasteiger partial charge on any atom is 0.307 e. The summed E-state index contributed by atoms with van der Waals surface area (Å²) in [6.07, 6.45) is 11.2. The van der Waals surface area contributed by atoms with Gasteiger partial charge in [-0.3, -0.25) is 4.79 Å². The fourth-order valence-electron chi connectivity index (χ4n) is 12.6. The molecule has 244 valence electrons. The van der Waals surface area contributed by atoms with Crippen molar-refractivity contribution >= 4 is 17.7 Å². The lowest BCUT2D eigenvalue weighted by atomic mass is 9.34. The van der Waals surface area contributed by atoms with Crippen molar-refractivity contribution in [1.82, 2.24) is 0 Å². The molecule has 3 saturated carbocycles. The van der Waals surface area contributed by atoms with Crippen LogP contribution < -0.4 is 5.73 Å². The molecule has 5 fully saturated rings. The fraction of sp³-hybridized carbons (Fsp3) is 0.919. The Morgan fingerprint density at radius 3 is 2.42 bits per heavy atom. The molecule has 2 saturated heterocycles. The predicted octanol–water partition coefficient (Wildman–Crippen LogP) is 7.82. The number of ether oxygens (including phenoxy) is 2. The first-order chi connectivity index (χ1) is 20.1. The average Bonchev–Trinajstić information content (AvgIpc) is 2.93. The van der Waals surface area contributed by atoms with Crippen molar-refractivity contribution in [2.75, 3.05) is 31.3 Å². The number of carbonyl (C=O) groups is 1. The molecule has 0 aromatic rings. The van der Waals surface area contributed by atoms with Crippen LogP contribution in [0.5, 0.6) is 0 Å². The van der Waals surface area contributed by atoms with E-state index in [-0.39, 0.29) is 44.6 Å². The van der Waals surface area contributed by atoms with E-state index < -0.39 is 5.97 Å². The molecule has 0 aromatic carbocycles. The van der Waals surface area contributed by atoms with Gasteiger partial charge in [-0.25, -0.2) is 0 Å². The highest BCUT2D eigenvalue weighted by atomic mass is 32.2. The van der Waals surface area contributed by atoms with Crippen LogP contribution in [0.15, 0.2) is 11.6 Å². The van der Waals surface area contributed by atoms with Crippen molar-refractivity contribution in [2.45, 2.75) is 118 Å². The van der Waals surface area contributed by atoms with E-state index in [0.29, 0.717) is 36.2 Å². The highest BCUT2D eigenvalue weighted by Crippen LogP contribution is 2.75. The van der Waals surface area contributed by atoms with E-state index in [4.69, 9.17) is 15.2 Å². The van der Waals surface area contributed by atoms with Gasteiger partial charge in [0.1, 0.15) is 0 Å². The number of fused-ring (bicyclic) bond motifs is 3. The summed E-state index contributed by atoms with van der Waals surface area (Å²) >= 11 is 2.01. The van der Waals surface area contributed by atoms with Crippen molar-refractivity contribution in [3.8, 4) is 0 Å². The normalized spacial score (nSPS) is 49.7. The molecule has 6 rings (SSSR count). The molecule has 11 atom stereocenters. The summed E-state index contributed by atoms with van der Waals surface area (Å²) in [6.45, 7) is 21.1. The average molecular weight is 616 g/mol. The standard InChI is InChI=1S/C37H61NO4S/c1-23(2)25(4)32(5)13-14-34(7)26-9-10-28-33(6)20-41-22-37(28,27(26)11-12-35(34,8)29(32)31(39)40)19-24(3)30(33)42-21-36(38)15-17-43-18-16-36/h11,23-26,28-30H,9-10,12-22,38H2,1-8H3,(H,39,40)/t24-,25-,26+,28+,29-,30+,32-,33+,34-,35+,37+/m1/s1. The van der Waals surface area contributed by atoms with Gasteiger partial charge in [0, 0.05) is 16.4 Å². The molecule has 6 aliphatic rings. The lowest BCUT2D eigenvalue weighted by Gasteiger charge is -2.71. The van der Waals surface area contributed by atoms with Gasteiger partial charge in [-0.05, 0) is 109 Å². The first kappa shape index (κ1) is 32.4. The molecule has 6 heteroatoms. The molecule has 0 spiro atoms. The van der Waals surface area contributed by atoms with Gasteiger partial charge in [-0.1, -0.05) is 67.0 Å². The smallest absolute Gasteiger partial charge is 0.307 e. The Balaban J connectivity index is 1.34. The van der Waals surface area contributed by atoms with Crippen LogP contribution in [0.1, 0.15) is 107 Å². The number of hydrogen-bond acceptors (Lipinski definition) is 5. The van der Waals surface area contributed by atoms with Gasteiger partial charge in [-0.15, -0.1) is 0 Å². The number of carboxylic acids is 1. The zero-order valence-corrected chi connectivity index (χ0v) is 29.3. The molecule has 5 nitrogen and oxygen atoms in total. The molecular formula is C37H61NO4S. The van der Waals surface area contributed by atoms with Crippen LogP contribution in [0, 0.1) is 62.6 Å². The van der Waals surface area contributed by atoms with E-state index >= 15 is 0 Å². The molecule has 43 heavy (non-hydrogen) atoms. The Labute approximate surface area is 266 Å². The van der Waals surface area contributed by atoms with E-state index in [9.17, 15) is 9.90 Å². The molecule has 2 aliphatic heterocycles. The number of aliphatic carboxylic acids is 1. The quantitative estimate of drug-likeness (QED) is 0.297. The molecule has 2 heterocycles. The van der Waals surface area contributed by atoms with Gasteiger partial charge in [-0.2, -0.15) is 11.8 Å². The third-order valence-corrected chi connectivity index (χ3v) is 16.4. The van der Waals surface area contributed by atoms with Gasteiger partial charge >= 0.3 is 5.97 Å². The molecule has 4 aliphatic carbocycles. The fourth-order valence-corrected chi connectivity index (χ4v) is 13.9. The topological polar surface area (TPSA) is 81.8 Å². The number of rotatable bonds is 6. The largest absolute Gasteiger partial charge is 0.481 e. The van der Waals surface area contributed by atoms with Crippen LogP contribution in [-0.2, 0) is 14.3 Å². The van der Waals surface area contributed by atoms with Crippen LogP contribution >= 0.6 is 11.8 Å². The van der Waals surface area contributed by atoms with Gasteiger partial charge in [0.15, 0.2) is 0 Å². The Hall–Kier alpha value is -0.560. The number of nitrogens with two attached hydrogens (primary N) is 1. The van der Waals surface area contributed by atoms with Crippen molar-refractivity contribution in [2.24, 2.45) is 68.3 Å². The van der Waals surface area contributed by atoms with Gasteiger partial charge in [0.05, 0.1) is 31.8 Å². The Morgan fingerprint density at radius 1 is 1.07 bits per heavy atom. The zero-order chi connectivity index (χ0) is 31.2.